The van der Waals surface area contributed by atoms with Crippen molar-refractivity contribution < 1.29 is 28.6 Å². The summed E-state index contributed by atoms with van der Waals surface area (Å²) in [5.41, 5.74) is 0.836. The van der Waals surface area contributed by atoms with Gasteiger partial charge in [0.15, 0.2) is 0 Å². The van der Waals surface area contributed by atoms with Gasteiger partial charge in [0.1, 0.15) is 23.2 Å². The molecule has 0 radical (unpaired) electrons. The number of likely N-dealkylation sites (N-methyl/N-ethyl adjacent to an activating group) is 1. The molecule has 34 heavy (non-hydrogen) atoms. The number of rotatable bonds is 9. The Morgan fingerprint density at radius 2 is 1.62 bits per heavy atom. The lowest BCUT2D eigenvalue weighted by atomic mass is 10.0. The summed E-state index contributed by atoms with van der Waals surface area (Å²) in [4.78, 5) is 38.9. The molecule has 9 heteroatoms. The van der Waals surface area contributed by atoms with Gasteiger partial charge >= 0.3 is 6.09 Å². The molecule has 0 aliphatic rings. The molecule has 184 valence electrons. The standard InChI is InChI=1S/C25H32FN3O5/c1-25(2,3)34-24(33)28-21(15-18-5-9-19(26)10-6-18)23(32)29(4)16-22(31)27-14-13-17-7-11-20(30)12-8-17/h5-12,21,30H,13-16H2,1-4H3,(H,27,31)(H,28,33). The summed E-state index contributed by atoms with van der Waals surface area (Å²) in [6, 6.07) is 11.3. The molecule has 2 rings (SSSR count). The van der Waals surface area contributed by atoms with E-state index in [1.165, 1.54) is 36.2 Å². The van der Waals surface area contributed by atoms with Crippen molar-refractivity contribution in [1.29, 1.82) is 0 Å². The van der Waals surface area contributed by atoms with Gasteiger partial charge in [-0.3, -0.25) is 9.59 Å². The SMILES string of the molecule is CN(CC(=O)NCCc1ccc(O)cc1)C(=O)C(Cc1ccc(F)cc1)NC(=O)OC(C)(C)C. The van der Waals surface area contributed by atoms with Crippen molar-refractivity contribution in [3.05, 3.63) is 65.5 Å². The molecule has 2 aromatic carbocycles. The normalized spacial score (nSPS) is 11.9. The third-order valence-electron chi connectivity index (χ3n) is 4.77. The van der Waals surface area contributed by atoms with Crippen LogP contribution >= 0.6 is 0 Å². The van der Waals surface area contributed by atoms with Crippen molar-refractivity contribution in [3.63, 3.8) is 0 Å². The number of halogens is 1. The second kappa shape index (κ2) is 12.0. The van der Waals surface area contributed by atoms with Gasteiger partial charge < -0.3 is 25.4 Å². The van der Waals surface area contributed by atoms with Crippen LogP contribution in [0.15, 0.2) is 48.5 Å². The minimum Gasteiger partial charge on any atom is -0.508 e. The smallest absolute Gasteiger partial charge is 0.408 e. The van der Waals surface area contributed by atoms with Crippen molar-refractivity contribution >= 4 is 17.9 Å². The minimum absolute atomic E-state index is 0.102. The van der Waals surface area contributed by atoms with E-state index in [2.05, 4.69) is 10.6 Å². The van der Waals surface area contributed by atoms with E-state index in [1.54, 1.807) is 45.0 Å². The molecule has 0 saturated carbocycles. The average molecular weight is 474 g/mol. The van der Waals surface area contributed by atoms with Crippen LogP contribution < -0.4 is 10.6 Å². The zero-order valence-corrected chi connectivity index (χ0v) is 19.9. The number of amides is 3. The van der Waals surface area contributed by atoms with E-state index >= 15 is 0 Å². The zero-order valence-electron chi connectivity index (χ0n) is 19.9. The van der Waals surface area contributed by atoms with Crippen LogP contribution in [0.2, 0.25) is 0 Å². The molecule has 0 saturated heterocycles. The molecule has 0 spiro atoms. The second-order valence-electron chi connectivity index (χ2n) is 8.99. The molecule has 3 N–H and O–H groups in total. The Morgan fingerprint density at radius 3 is 2.21 bits per heavy atom. The first-order valence-corrected chi connectivity index (χ1v) is 11.0. The van der Waals surface area contributed by atoms with Gasteiger partial charge in [-0.25, -0.2) is 9.18 Å². The zero-order chi connectivity index (χ0) is 25.3. The van der Waals surface area contributed by atoms with Gasteiger partial charge in [-0.15, -0.1) is 0 Å². The van der Waals surface area contributed by atoms with Crippen LogP contribution in [0.5, 0.6) is 5.75 Å². The summed E-state index contributed by atoms with van der Waals surface area (Å²) >= 11 is 0. The summed E-state index contributed by atoms with van der Waals surface area (Å²) in [6.45, 7) is 5.28. The van der Waals surface area contributed by atoms with Crippen LogP contribution in [0.1, 0.15) is 31.9 Å². The number of phenolic OH excluding ortho intramolecular Hbond substituents is 1. The van der Waals surface area contributed by atoms with Gasteiger partial charge in [-0.05, 0) is 62.6 Å². The number of alkyl carbamates (subject to hydrolysis) is 1. The lowest BCUT2D eigenvalue weighted by Crippen LogP contribution is -2.51. The fourth-order valence-corrected chi connectivity index (χ4v) is 3.13. The van der Waals surface area contributed by atoms with E-state index in [9.17, 15) is 23.9 Å². The average Bonchev–Trinajstić information content (AvgIpc) is 2.74. The lowest BCUT2D eigenvalue weighted by Gasteiger charge is -2.26. The van der Waals surface area contributed by atoms with E-state index in [0.29, 0.717) is 18.5 Å². The fraction of sp³-hybridized carbons (Fsp3) is 0.400. The fourth-order valence-electron chi connectivity index (χ4n) is 3.13. The number of nitrogens with zero attached hydrogens (tertiary/aromatic N) is 1. The van der Waals surface area contributed by atoms with Crippen LogP contribution in [0.3, 0.4) is 0 Å². The van der Waals surface area contributed by atoms with E-state index < -0.39 is 29.5 Å². The summed E-state index contributed by atoms with van der Waals surface area (Å²) < 4.78 is 18.5. The monoisotopic (exact) mass is 473 g/mol. The minimum atomic E-state index is -1.00. The van der Waals surface area contributed by atoms with Crippen molar-refractivity contribution in [3.8, 4) is 5.75 Å². The van der Waals surface area contributed by atoms with E-state index in [0.717, 1.165) is 5.56 Å². The maximum Gasteiger partial charge on any atom is 0.408 e. The number of aromatic hydroxyl groups is 1. The van der Waals surface area contributed by atoms with Crippen LogP contribution in [0, 0.1) is 5.82 Å². The first-order valence-electron chi connectivity index (χ1n) is 11.0. The Bertz CT molecular complexity index is 972. The van der Waals surface area contributed by atoms with Crippen LogP contribution in [-0.4, -0.2) is 59.7 Å². The number of ether oxygens (including phenoxy) is 1. The van der Waals surface area contributed by atoms with Gasteiger partial charge in [-0.2, -0.15) is 0 Å². The third kappa shape index (κ3) is 9.48. The lowest BCUT2D eigenvalue weighted by molar-refractivity contribution is -0.136. The largest absolute Gasteiger partial charge is 0.508 e. The molecule has 0 aliphatic carbocycles. The highest BCUT2D eigenvalue weighted by Crippen LogP contribution is 2.11. The Hall–Kier alpha value is -3.62. The maximum absolute atomic E-state index is 13.3. The molecule has 0 heterocycles. The van der Waals surface area contributed by atoms with Crippen LogP contribution in [-0.2, 0) is 27.2 Å². The van der Waals surface area contributed by atoms with E-state index in [-0.39, 0.29) is 24.6 Å². The van der Waals surface area contributed by atoms with Crippen molar-refractivity contribution in [2.75, 3.05) is 20.1 Å². The van der Waals surface area contributed by atoms with Crippen molar-refractivity contribution in [2.45, 2.75) is 45.3 Å². The predicted octanol–water partition coefficient (Wildman–Crippen LogP) is 2.78. The van der Waals surface area contributed by atoms with Crippen LogP contribution in [0.4, 0.5) is 9.18 Å². The molecule has 1 atom stereocenters. The van der Waals surface area contributed by atoms with E-state index in [1.807, 2.05) is 0 Å². The van der Waals surface area contributed by atoms with Gasteiger partial charge in [0, 0.05) is 20.0 Å². The number of carbonyl (C=O) groups excluding carboxylic acids is 3. The summed E-state index contributed by atoms with van der Waals surface area (Å²) in [7, 11) is 1.47. The molecule has 2 aromatic rings. The summed E-state index contributed by atoms with van der Waals surface area (Å²) in [5.74, 6) is -1.08. The Kier molecular flexibility index (Phi) is 9.41. The molecule has 3 amide bonds. The number of phenols is 1. The number of hydrogen-bond donors (Lipinski definition) is 3. The molecule has 1 unspecified atom stereocenters. The molecule has 0 bridgehead atoms. The highest BCUT2D eigenvalue weighted by atomic mass is 19.1. The first-order chi connectivity index (χ1) is 15.9. The topological polar surface area (TPSA) is 108 Å². The highest BCUT2D eigenvalue weighted by molar-refractivity contribution is 5.89. The molecular weight excluding hydrogens is 441 g/mol. The maximum atomic E-state index is 13.3. The Morgan fingerprint density at radius 1 is 1.03 bits per heavy atom. The number of hydrogen-bond acceptors (Lipinski definition) is 5. The number of benzene rings is 2. The van der Waals surface area contributed by atoms with Gasteiger partial charge in [0.05, 0.1) is 6.54 Å². The number of carbonyl (C=O) groups is 3. The molecule has 0 fully saturated rings. The highest BCUT2D eigenvalue weighted by Gasteiger charge is 2.27. The van der Waals surface area contributed by atoms with Crippen LogP contribution in [0.25, 0.3) is 0 Å². The van der Waals surface area contributed by atoms with Gasteiger partial charge in [0.25, 0.3) is 0 Å². The molecule has 8 nitrogen and oxygen atoms in total. The number of nitrogens with one attached hydrogen (secondary N) is 2. The second-order valence-corrected chi connectivity index (χ2v) is 8.99. The molecule has 0 aromatic heterocycles. The predicted molar refractivity (Wildman–Crippen MR) is 126 cm³/mol. The summed E-state index contributed by atoms with van der Waals surface area (Å²) in [6.07, 6.45) is -0.0953. The van der Waals surface area contributed by atoms with Crippen molar-refractivity contribution in [2.24, 2.45) is 0 Å². The quantitative estimate of drug-likeness (QED) is 0.519. The van der Waals surface area contributed by atoms with Gasteiger partial charge in [-0.1, -0.05) is 24.3 Å². The third-order valence-corrected chi connectivity index (χ3v) is 4.77. The first kappa shape index (κ1) is 26.6. The van der Waals surface area contributed by atoms with E-state index in [4.69, 9.17) is 4.74 Å². The Balaban J connectivity index is 1.97. The van der Waals surface area contributed by atoms with Crippen molar-refractivity contribution in [1.82, 2.24) is 15.5 Å². The Labute approximate surface area is 199 Å². The molecule has 0 aliphatic heterocycles. The van der Waals surface area contributed by atoms with Gasteiger partial charge in [0.2, 0.25) is 11.8 Å². The summed E-state index contributed by atoms with van der Waals surface area (Å²) in [5, 5.41) is 14.6. The molecular formula is C25H32FN3O5.